The number of benzene rings is 2. The van der Waals surface area contributed by atoms with Crippen molar-refractivity contribution in [2.24, 2.45) is 11.8 Å². The zero-order valence-electron chi connectivity index (χ0n) is 17.9. The van der Waals surface area contributed by atoms with Gasteiger partial charge < -0.3 is 10.6 Å². The summed E-state index contributed by atoms with van der Waals surface area (Å²) in [6, 6.07) is 12.0. The number of halogens is 1. The van der Waals surface area contributed by atoms with Crippen molar-refractivity contribution in [1.29, 1.82) is 0 Å². The molecule has 2 aromatic rings. The molecule has 1 saturated carbocycles. The van der Waals surface area contributed by atoms with Gasteiger partial charge in [0.25, 0.3) is 0 Å². The number of hydrogen-bond donors (Lipinski definition) is 3. The van der Waals surface area contributed by atoms with Crippen LogP contribution in [0.3, 0.4) is 0 Å². The predicted molar refractivity (Wildman–Crippen MR) is 120 cm³/mol. The molecule has 0 aromatic heterocycles. The van der Waals surface area contributed by atoms with E-state index in [1.165, 1.54) is 31.2 Å². The van der Waals surface area contributed by atoms with Crippen LogP contribution < -0.4 is 15.4 Å². The average Bonchev–Trinajstić information content (AvgIpc) is 2.77. The van der Waals surface area contributed by atoms with Crippen molar-refractivity contribution in [3.63, 3.8) is 0 Å². The third kappa shape index (κ3) is 6.86. The Labute approximate surface area is 187 Å². The second kappa shape index (κ2) is 10.7. The molecule has 2 amide bonds. The van der Waals surface area contributed by atoms with Crippen LogP contribution in [0.4, 0.5) is 10.1 Å². The van der Waals surface area contributed by atoms with Gasteiger partial charge in [-0.1, -0.05) is 12.1 Å². The number of anilines is 1. The van der Waals surface area contributed by atoms with E-state index in [-0.39, 0.29) is 34.4 Å². The minimum absolute atomic E-state index is 0.0207. The van der Waals surface area contributed by atoms with E-state index in [0.717, 1.165) is 18.4 Å². The van der Waals surface area contributed by atoms with E-state index < -0.39 is 10.0 Å². The Balaban J connectivity index is 1.42. The van der Waals surface area contributed by atoms with Gasteiger partial charge in [0.15, 0.2) is 0 Å². The van der Waals surface area contributed by atoms with Crippen molar-refractivity contribution in [2.45, 2.75) is 44.0 Å². The summed E-state index contributed by atoms with van der Waals surface area (Å²) in [5.74, 6) is -0.476. The van der Waals surface area contributed by atoms with Crippen LogP contribution >= 0.6 is 0 Å². The van der Waals surface area contributed by atoms with E-state index >= 15 is 0 Å². The van der Waals surface area contributed by atoms with Gasteiger partial charge >= 0.3 is 0 Å². The molecule has 0 radical (unpaired) electrons. The lowest BCUT2D eigenvalue weighted by Gasteiger charge is -2.28. The summed E-state index contributed by atoms with van der Waals surface area (Å²) in [6.45, 7) is 2.06. The number of carbonyl (C=O) groups is 2. The molecule has 1 aliphatic rings. The molecule has 0 heterocycles. The Morgan fingerprint density at radius 3 is 2.19 bits per heavy atom. The number of nitrogens with one attached hydrogen (secondary N) is 3. The van der Waals surface area contributed by atoms with E-state index in [9.17, 15) is 22.4 Å². The highest BCUT2D eigenvalue weighted by molar-refractivity contribution is 7.89. The number of carbonyl (C=O) groups excluding carboxylic acids is 2. The van der Waals surface area contributed by atoms with E-state index in [2.05, 4.69) is 15.4 Å². The molecule has 172 valence electrons. The average molecular weight is 462 g/mol. The van der Waals surface area contributed by atoms with Gasteiger partial charge in [0, 0.05) is 31.6 Å². The summed E-state index contributed by atoms with van der Waals surface area (Å²) < 4.78 is 40.7. The van der Waals surface area contributed by atoms with Gasteiger partial charge in [0.2, 0.25) is 21.8 Å². The molecule has 0 aliphatic heterocycles. The summed E-state index contributed by atoms with van der Waals surface area (Å²) >= 11 is 0. The first kappa shape index (κ1) is 23.9. The molecular formula is C23H28FN3O4S. The van der Waals surface area contributed by atoms with Crippen LogP contribution in [0, 0.1) is 17.7 Å². The maximum Gasteiger partial charge on any atom is 0.240 e. The van der Waals surface area contributed by atoms with Crippen molar-refractivity contribution in [2.75, 3.05) is 11.9 Å². The SMILES string of the molecule is CC(=O)Nc1ccc(S(=O)(=O)NCC2CCC(C(=O)NCc3ccc(F)cc3)CC2)cc1. The van der Waals surface area contributed by atoms with Crippen molar-refractivity contribution >= 4 is 27.5 Å². The number of hydrogen-bond acceptors (Lipinski definition) is 4. The van der Waals surface area contributed by atoms with Crippen LogP contribution in [0.15, 0.2) is 53.4 Å². The lowest BCUT2D eigenvalue weighted by molar-refractivity contribution is -0.126. The van der Waals surface area contributed by atoms with Crippen molar-refractivity contribution in [3.8, 4) is 0 Å². The fourth-order valence-corrected chi connectivity index (χ4v) is 4.91. The molecule has 3 N–H and O–H groups in total. The van der Waals surface area contributed by atoms with Crippen molar-refractivity contribution in [3.05, 3.63) is 59.9 Å². The molecule has 2 aromatic carbocycles. The molecule has 0 bridgehead atoms. The molecule has 1 fully saturated rings. The third-order valence-electron chi connectivity index (χ3n) is 5.64. The summed E-state index contributed by atoms with van der Waals surface area (Å²) in [4.78, 5) is 23.6. The zero-order chi connectivity index (χ0) is 23.1. The minimum atomic E-state index is -3.65. The molecule has 1 aliphatic carbocycles. The fourth-order valence-electron chi connectivity index (χ4n) is 3.80. The van der Waals surface area contributed by atoms with Gasteiger partial charge in [-0.05, 0) is 73.6 Å². The number of sulfonamides is 1. The lowest BCUT2D eigenvalue weighted by Crippen LogP contribution is -2.36. The second-order valence-electron chi connectivity index (χ2n) is 8.12. The van der Waals surface area contributed by atoms with E-state index in [1.807, 2.05) is 0 Å². The summed E-state index contributed by atoms with van der Waals surface area (Å²) in [6.07, 6.45) is 2.93. The van der Waals surface area contributed by atoms with Gasteiger partial charge in [-0.25, -0.2) is 17.5 Å². The highest BCUT2D eigenvalue weighted by atomic mass is 32.2. The quantitative estimate of drug-likeness (QED) is 0.562. The molecule has 9 heteroatoms. The Kier molecular flexibility index (Phi) is 7.98. The minimum Gasteiger partial charge on any atom is -0.352 e. The van der Waals surface area contributed by atoms with Crippen molar-refractivity contribution in [1.82, 2.24) is 10.0 Å². The molecule has 0 saturated heterocycles. The molecule has 0 atom stereocenters. The Morgan fingerprint density at radius 1 is 0.969 bits per heavy atom. The number of rotatable bonds is 8. The Morgan fingerprint density at radius 2 is 1.59 bits per heavy atom. The first-order valence-electron chi connectivity index (χ1n) is 10.6. The van der Waals surface area contributed by atoms with Crippen LogP contribution in [0.5, 0.6) is 0 Å². The topological polar surface area (TPSA) is 104 Å². The monoisotopic (exact) mass is 461 g/mol. The van der Waals surface area contributed by atoms with E-state index in [4.69, 9.17) is 0 Å². The molecule has 3 rings (SSSR count). The maximum absolute atomic E-state index is 13.0. The maximum atomic E-state index is 13.0. The zero-order valence-corrected chi connectivity index (χ0v) is 18.8. The van der Waals surface area contributed by atoms with Crippen LogP contribution in [0.1, 0.15) is 38.2 Å². The van der Waals surface area contributed by atoms with Crippen LogP contribution in [0.2, 0.25) is 0 Å². The Hall–Kier alpha value is -2.78. The number of amides is 2. The largest absolute Gasteiger partial charge is 0.352 e. The van der Waals surface area contributed by atoms with Gasteiger partial charge in [0.05, 0.1) is 4.90 Å². The standard InChI is InChI=1S/C23H28FN3O4S/c1-16(28)27-21-10-12-22(13-11-21)32(30,31)26-15-18-2-6-19(7-3-18)23(29)25-14-17-4-8-20(24)9-5-17/h4-5,8-13,18-19,26H,2-3,6-7,14-15H2,1H3,(H,25,29)(H,27,28). The Bertz CT molecular complexity index is 1030. The molecule has 32 heavy (non-hydrogen) atoms. The molecule has 7 nitrogen and oxygen atoms in total. The van der Waals surface area contributed by atoms with Crippen molar-refractivity contribution < 1.29 is 22.4 Å². The summed E-state index contributed by atoms with van der Waals surface area (Å²) in [5, 5.41) is 5.50. The van der Waals surface area contributed by atoms with E-state index in [1.54, 1.807) is 24.3 Å². The van der Waals surface area contributed by atoms with Crippen LogP contribution in [0.25, 0.3) is 0 Å². The van der Waals surface area contributed by atoms with Gasteiger partial charge in [-0.2, -0.15) is 0 Å². The lowest BCUT2D eigenvalue weighted by atomic mass is 9.81. The van der Waals surface area contributed by atoms with E-state index in [0.29, 0.717) is 31.6 Å². The molecule has 0 spiro atoms. The normalized spacial score (nSPS) is 18.7. The fraction of sp³-hybridized carbons (Fsp3) is 0.391. The smallest absolute Gasteiger partial charge is 0.240 e. The predicted octanol–water partition coefficient (Wildman–Crippen LogP) is 3.19. The van der Waals surface area contributed by atoms with Gasteiger partial charge in [-0.15, -0.1) is 0 Å². The molecule has 0 unspecified atom stereocenters. The van der Waals surface area contributed by atoms with Crippen LogP contribution in [-0.2, 0) is 26.2 Å². The highest BCUT2D eigenvalue weighted by Gasteiger charge is 2.27. The first-order chi connectivity index (χ1) is 15.2. The van der Waals surface area contributed by atoms with Gasteiger partial charge in [0.1, 0.15) is 5.82 Å². The summed E-state index contributed by atoms with van der Waals surface area (Å²) in [5.41, 5.74) is 1.38. The molecular weight excluding hydrogens is 433 g/mol. The first-order valence-corrected chi connectivity index (χ1v) is 12.1. The highest BCUT2D eigenvalue weighted by Crippen LogP contribution is 2.29. The van der Waals surface area contributed by atoms with Crippen LogP contribution in [-0.4, -0.2) is 26.8 Å². The third-order valence-corrected chi connectivity index (χ3v) is 7.08. The summed E-state index contributed by atoms with van der Waals surface area (Å²) in [7, 11) is -3.65. The van der Waals surface area contributed by atoms with Gasteiger partial charge in [-0.3, -0.25) is 9.59 Å². The second-order valence-corrected chi connectivity index (χ2v) is 9.89.